The fourth-order valence-electron chi connectivity index (χ4n) is 6.28. The van der Waals surface area contributed by atoms with Crippen LogP contribution in [0.1, 0.15) is 63.4 Å². The van der Waals surface area contributed by atoms with Gasteiger partial charge in [0.15, 0.2) is 52.4 Å². The monoisotopic (exact) mass is 784 g/mol. The van der Waals surface area contributed by atoms with Crippen molar-refractivity contribution in [2.75, 3.05) is 25.7 Å². The van der Waals surface area contributed by atoms with Crippen molar-refractivity contribution >= 4 is 51.8 Å². The molecule has 0 unspecified atom stereocenters. The van der Waals surface area contributed by atoms with Crippen LogP contribution < -0.4 is 50.9 Å². The third-order valence-corrected chi connectivity index (χ3v) is 9.25. The Morgan fingerprint density at radius 1 is 0.907 bits per heavy atom. The number of benzene rings is 1. The maximum absolute atomic E-state index is 15.4. The van der Waals surface area contributed by atoms with Crippen molar-refractivity contribution in [3.8, 4) is 5.88 Å². The fraction of sp³-hybridized carbons (Fsp3) is 0.485. The van der Waals surface area contributed by atoms with E-state index in [0.29, 0.717) is 29.6 Å². The van der Waals surface area contributed by atoms with Crippen LogP contribution in [0.3, 0.4) is 0 Å². The normalized spacial score (nSPS) is 27.4. The number of carbonyl (C=O) groups is 1. The van der Waals surface area contributed by atoms with E-state index in [4.69, 9.17) is 47.1 Å². The number of anilines is 2. The number of carbonyl (C=O) groups excluding carboxylic acids is 1. The maximum atomic E-state index is 15.4. The molecule has 17 nitrogen and oxygen atoms in total. The number of nitrogens with two attached hydrogens (primary N) is 2. The van der Waals surface area contributed by atoms with Crippen LogP contribution in [0, 0.1) is 0 Å². The van der Waals surface area contributed by atoms with Crippen LogP contribution in [0.2, 0.25) is 5.15 Å². The Morgan fingerprint density at radius 2 is 1.43 bits per heavy atom. The van der Waals surface area contributed by atoms with Crippen LogP contribution in [-0.4, -0.2) is 100 Å². The van der Waals surface area contributed by atoms with Crippen molar-refractivity contribution < 1.29 is 72.3 Å². The minimum Gasteiger partial charge on any atom is -0.857 e. The predicted octanol–water partition coefficient (Wildman–Crippen LogP) is 0.117. The van der Waals surface area contributed by atoms with Gasteiger partial charge < -0.3 is 40.6 Å². The number of esters is 1. The predicted molar refractivity (Wildman–Crippen MR) is 186 cm³/mol. The van der Waals surface area contributed by atoms with Crippen LogP contribution in [0.15, 0.2) is 43.0 Å². The molecule has 54 heavy (non-hydrogen) atoms. The maximum Gasteiger partial charge on any atom is 1.00 e. The number of hydrogen-bond donors (Lipinski definition) is 3. The number of imidazole rings is 2. The number of aliphatic hydroxyl groups is 1. The fourth-order valence-corrected chi connectivity index (χ4v) is 6.50. The van der Waals surface area contributed by atoms with E-state index in [1.165, 1.54) is 42.7 Å². The van der Waals surface area contributed by atoms with Crippen LogP contribution in [0.5, 0.6) is 5.88 Å². The first-order valence-corrected chi connectivity index (χ1v) is 16.8. The zero-order valence-corrected chi connectivity index (χ0v) is 33.4. The Hall–Kier alpha value is -3.82. The number of halogens is 3. The number of nitrogens with zero attached hydrogens (tertiary/aromatic N) is 8. The molecule has 286 valence electrons. The minimum absolute atomic E-state index is 0. The van der Waals surface area contributed by atoms with Gasteiger partial charge in [-0.2, -0.15) is 27.0 Å². The zero-order valence-electron chi connectivity index (χ0n) is 30.7. The summed E-state index contributed by atoms with van der Waals surface area (Å²) >= 11 is 6.10. The van der Waals surface area contributed by atoms with Crippen molar-refractivity contribution in [2.45, 2.75) is 88.7 Å². The van der Waals surface area contributed by atoms with E-state index >= 15 is 4.39 Å². The molecule has 0 amide bonds. The van der Waals surface area contributed by atoms with Gasteiger partial charge in [0, 0.05) is 0 Å². The minimum atomic E-state index is -1.71. The molecule has 4 aromatic heterocycles. The van der Waals surface area contributed by atoms with E-state index in [2.05, 4.69) is 29.9 Å². The van der Waals surface area contributed by atoms with Crippen LogP contribution in [-0.2, 0) is 14.2 Å². The second-order valence-electron chi connectivity index (χ2n) is 12.5. The number of rotatable bonds is 7. The van der Waals surface area contributed by atoms with Gasteiger partial charge in [0.1, 0.15) is 11.1 Å². The van der Waals surface area contributed by atoms with Crippen molar-refractivity contribution in [3.63, 3.8) is 0 Å². The standard InChI is InChI=1S/C19H19ClFN5O3.C13H18FN5O3.CH3O.Na/c1-3-11-13(21)19(2,29-16(27)10-7-5-4-6-8-10)17(28-11)26-9-23-12-14(20)24-18(22)25-15(12)26;1-4-6-8(14)13(2,20)11(22-6)19-5-16-7-9(19)17-12(15)18-10(7)21-3;1-2;/h4-9,11,13,17H,3H2,1-2H3,(H2,22,24,25);5-6,8,11,20H,4H2,1-3H3,(H2,15,17,18);1H3;/q;;-1;+1/t11-,13+,17-,19-;6-,8+,11-,13-;;/m11../s1. The smallest absolute Gasteiger partial charge is 0.857 e. The number of hydrogen-bond acceptors (Lipinski definition) is 15. The SMILES string of the molecule is CC[C@H]1O[C@@H](n2cnc3c(Cl)nc(N)nc32)[C@](C)(OC(=O)c2ccccc2)[C@H]1F.CC[C@H]1O[C@@H](n2cnc3c(OC)nc(N)nc32)[C@](C)(O)[C@H]1F.C[O-].[Na+]. The van der Waals surface area contributed by atoms with E-state index < -0.39 is 54.2 Å². The number of nitrogen functional groups attached to an aromatic ring is 2. The van der Waals surface area contributed by atoms with E-state index in [0.717, 1.165) is 7.11 Å². The summed E-state index contributed by atoms with van der Waals surface area (Å²) in [6.45, 7) is 6.48. The molecule has 2 aliphatic rings. The molecule has 0 spiro atoms. The molecular weight excluding hydrogens is 745 g/mol. The molecule has 6 heterocycles. The Kier molecular flexibility index (Phi) is 13.8. The van der Waals surface area contributed by atoms with Gasteiger partial charge in [-0.25, -0.2) is 23.5 Å². The summed E-state index contributed by atoms with van der Waals surface area (Å²) in [5.74, 6) is -0.512. The Labute approximate surface area is 335 Å². The van der Waals surface area contributed by atoms with Crippen molar-refractivity contribution in [3.05, 3.63) is 53.7 Å². The molecule has 21 heteroatoms. The molecule has 7 rings (SSSR count). The van der Waals surface area contributed by atoms with Crippen LogP contribution in [0.4, 0.5) is 20.7 Å². The molecule has 1 aromatic carbocycles. The van der Waals surface area contributed by atoms with E-state index in [1.54, 1.807) is 44.2 Å². The molecule has 8 atom stereocenters. The van der Waals surface area contributed by atoms with E-state index in [-0.39, 0.29) is 63.7 Å². The average molecular weight is 785 g/mol. The molecule has 0 radical (unpaired) electrons. The number of methoxy groups -OCH3 is 1. The quantitative estimate of drug-likeness (QED) is 0.113. The third-order valence-electron chi connectivity index (χ3n) is 8.98. The van der Waals surface area contributed by atoms with Gasteiger partial charge >= 0.3 is 35.5 Å². The summed E-state index contributed by atoms with van der Waals surface area (Å²) in [6, 6.07) is 8.38. The van der Waals surface area contributed by atoms with Gasteiger partial charge in [0.2, 0.25) is 17.8 Å². The summed E-state index contributed by atoms with van der Waals surface area (Å²) in [6.07, 6.45) is -2.90. The zero-order chi connectivity index (χ0) is 38.8. The summed E-state index contributed by atoms with van der Waals surface area (Å²) in [7, 11) is 2.19. The van der Waals surface area contributed by atoms with Gasteiger partial charge in [-0.05, 0) is 38.8 Å². The van der Waals surface area contributed by atoms with Crippen molar-refractivity contribution in [1.82, 2.24) is 39.0 Å². The van der Waals surface area contributed by atoms with Crippen molar-refractivity contribution in [2.24, 2.45) is 0 Å². The number of aromatic nitrogens is 8. The Balaban J connectivity index is 0.000000234. The topological polar surface area (TPSA) is 237 Å². The third kappa shape index (κ3) is 7.81. The molecule has 0 aliphatic carbocycles. The largest absolute Gasteiger partial charge is 1.00 e. The van der Waals surface area contributed by atoms with Gasteiger partial charge in [-0.3, -0.25) is 9.13 Å². The molecule has 2 fully saturated rings. The molecule has 0 saturated carbocycles. The van der Waals surface area contributed by atoms with E-state index in [9.17, 15) is 14.3 Å². The summed E-state index contributed by atoms with van der Waals surface area (Å²) in [4.78, 5) is 37.1. The first-order valence-electron chi connectivity index (χ1n) is 16.4. The summed E-state index contributed by atoms with van der Waals surface area (Å²) < 4.78 is 55.1. The van der Waals surface area contributed by atoms with Crippen LogP contribution in [0.25, 0.3) is 22.3 Å². The second-order valence-corrected chi connectivity index (χ2v) is 12.8. The molecule has 0 bridgehead atoms. The van der Waals surface area contributed by atoms with Crippen LogP contribution >= 0.6 is 11.6 Å². The van der Waals surface area contributed by atoms with Gasteiger partial charge in [0.25, 0.3) is 0 Å². The first-order chi connectivity index (χ1) is 25.2. The van der Waals surface area contributed by atoms with Gasteiger partial charge in [-0.1, -0.05) is 43.6 Å². The van der Waals surface area contributed by atoms with Gasteiger partial charge in [-0.15, -0.1) is 0 Å². The van der Waals surface area contributed by atoms with Crippen molar-refractivity contribution in [1.29, 1.82) is 0 Å². The first kappa shape index (κ1) is 42.9. The van der Waals surface area contributed by atoms with Gasteiger partial charge in [0.05, 0.1) is 37.5 Å². The average Bonchev–Trinajstić information content (AvgIpc) is 3.88. The molecular formula is C33H40ClF2N10NaO7. The molecule has 2 aliphatic heterocycles. The summed E-state index contributed by atoms with van der Waals surface area (Å²) in [5.41, 5.74) is 9.57. The molecule has 5 aromatic rings. The number of alkyl halides is 2. The second kappa shape index (κ2) is 17.3. The van der Waals surface area contributed by atoms with E-state index in [1.807, 2.05) is 0 Å². The number of fused-ring (bicyclic) bond motifs is 2. The Morgan fingerprint density at radius 3 is 2.00 bits per heavy atom. The Bertz CT molecular complexity index is 2060. The summed E-state index contributed by atoms with van der Waals surface area (Å²) in [5, 5.41) is 18.8. The number of ether oxygens (including phenoxy) is 4. The molecule has 5 N–H and O–H groups in total. The molecule has 2 saturated heterocycles.